The Labute approximate surface area is 216 Å². The molecular formula is C26H37F2O8S-. The van der Waals surface area contributed by atoms with Crippen LogP contribution < -0.4 is 0 Å². The second kappa shape index (κ2) is 9.62. The fraction of sp³-hybridized carbons (Fsp3) is 0.885. The van der Waals surface area contributed by atoms with Gasteiger partial charge in [0.25, 0.3) is 0 Å². The van der Waals surface area contributed by atoms with Crippen LogP contribution in [0.25, 0.3) is 0 Å². The highest BCUT2D eigenvalue weighted by Gasteiger charge is 2.65. The zero-order valence-corrected chi connectivity index (χ0v) is 22.4. The molecule has 0 aromatic rings. The van der Waals surface area contributed by atoms with Crippen molar-refractivity contribution < 1.29 is 46.0 Å². The molecule has 11 heteroatoms. The van der Waals surface area contributed by atoms with Gasteiger partial charge in [-0.2, -0.15) is 8.78 Å². The first-order valence-corrected chi connectivity index (χ1v) is 14.6. The van der Waals surface area contributed by atoms with E-state index in [9.17, 15) is 41.2 Å². The van der Waals surface area contributed by atoms with Gasteiger partial charge in [0, 0.05) is 37.0 Å². The van der Waals surface area contributed by atoms with Gasteiger partial charge in [-0.25, -0.2) is 8.42 Å². The molecule has 9 atom stereocenters. The summed E-state index contributed by atoms with van der Waals surface area (Å²) in [7, 11) is -5.93. The second-order valence-corrected chi connectivity index (χ2v) is 13.9. The highest BCUT2D eigenvalue weighted by Crippen LogP contribution is 2.67. The summed E-state index contributed by atoms with van der Waals surface area (Å²) < 4.78 is 62.7. The van der Waals surface area contributed by atoms with Crippen molar-refractivity contribution in [1.82, 2.24) is 0 Å². The summed E-state index contributed by atoms with van der Waals surface area (Å²) in [6, 6.07) is 0. The Morgan fingerprint density at radius 3 is 2.54 bits per heavy atom. The number of aliphatic hydroxyl groups excluding tert-OH is 1. The molecule has 0 bridgehead atoms. The fourth-order valence-electron chi connectivity index (χ4n) is 8.51. The third-order valence-corrected chi connectivity index (χ3v) is 11.6. The Kier molecular flexibility index (Phi) is 7.42. The van der Waals surface area contributed by atoms with Crippen LogP contribution >= 0.6 is 0 Å². The summed E-state index contributed by atoms with van der Waals surface area (Å²) in [5.41, 5.74) is -0.695. The van der Waals surface area contributed by atoms with Crippen LogP contribution in [0.4, 0.5) is 8.78 Å². The van der Waals surface area contributed by atoms with E-state index in [0.29, 0.717) is 25.7 Å². The standard InChI is InChI=1S/C26H38F2O8S/c1-14(4-7-22(32)36-13-26(27,28)37(33,34)35)17-5-6-18-23-19(12-21(31)25(17,18)3)24(2)9-8-16(29)10-15(24)11-20(23)30/h14-15,17-19,21,23,31H,4-13H2,1-3H3,(H,33,34,35)/p-1. The minimum atomic E-state index is -5.93. The van der Waals surface area contributed by atoms with Gasteiger partial charge in [0.15, 0.2) is 16.7 Å². The lowest BCUT2D eigenvalue weighted by Crippen LogP contribution is -2.61. The van der Waals surface area contributed by atoms with Crippen LogP contribution in [-0.4, -0.2) is 53.6 Å². The van der Waals surface area contributed by atoms with E-state index in [-0.39, 0.29) is 65.3 Å². The Hall–Kier alpha value is -1.46. The van der Waals surface area contributed by atoms with Gasteiger partial charge >= 0.3 is 11.2 Å². The number of carbonyl (C=O) groups is 3. The number of ether oxygens (including phenoxy) is 1. The predicted octanol–water partition coefficient (Wildman–Crippen LogP) is 3.46. The van der Waals surface area contributed by atoms with Crippen molar-refractivity contribution in [2.24, 2.45) is 46.3 Å². The summed E-state index contributed by atoms with van der Waals surface area (Å²) in [6.07, 6.45) is 3.52. The molecule has 37 heavy (non-hydrogen) atoms. The SMILES string of the molecule is CC(CCC(=O)OCC(F)(F)S(=O)(=O)[O-])C1CCC2C3C(=O)CC4CC(=O)CCC4(C)C3CC(O)C12C. The molecule has 210 valence electrons. The van der Waals surface area contributed by atoms with E-state index in [0.717, 1.165) is 19.3 Å². The molecule has 4 aliphatic carbocycles. The Morgan fingerprint density at radius 1 is 1.22 bits per heavy atom. The first kappa shape index (κ1) is 28.5. The molecule has 0 amide bonds. The molecule has 0 aromatic carbocycles. The van der Waals surface area contributed by atoms with E-state index in [1.165, 1.54) is 0 Å². The zero-order chi connectivity index (χ0) is 27.6. The van der Waals surface area contributed by atoms with Gasteiger partial charge in [0.2, 0.25) is 0 Å². The molecule has 0 aliphatic heterocycles. The number of fused-ring (bicyclic) bond motifs is 5. The van der Waals surface area contributed by atoms with E-state index in [1.54, 1.807) is 0 Å². The average Bonchev–Trinajstić information content (AvgIpc) is 3.16. The van der Waals surface area contributed by atoms with Gasteiger partial charge in [-0.15, -0.1) is 0 Å². The molecule has 4 saturated carbocycles. The summed E-state index contributed by atoms with van der Waals surface area (Å²) >= 11 is 0. The fourth-order valence-corrected chi connectivity index (χ4v) is 8.72. The lowest BCUT2D eigenvalue weighted by molar-refractivity contribution is -0.178. The van der Waals surface area contributed by atoms with E-state index in [4.69, 9.17) is 0 Å². The minimum Gasteiger partial charge on any atom is -0.743 e. The maximum Gasteiger partial charge on any atom is 0.367 e. The molecule has 0 radical (unpaired) electrons. The number of esters is 1. The molecule has 1 N–H and O–H groups in total. The Balaban J connectivity index is 1.44. The summed E-state index contributed by atoms with van der Waals surface area (Å²) in [5, 5.41) is 6.84. The number of Topliss-reactive ketones (excluding diaryl/α,β-unsaturated/α-hetero) is 2. The molecule has 0 spiro atoms. The molecule has 0 aromatic heterocycles. The Morgan fingerprint density at radius 2 is 1.89 bits per heavy atom. The maximum absolute atomic E-state index is 13.5. The van der Waals surface area contributed by atoms with Crippen molar-refractivity contribution in [3.05, 3.63) is 0 Å². The summed E-state index contributed by atoms with van der Waals surface area (Å²) in [5.74, 6) is -0.827. The summed E-state index contributed by atoms with van der Waals surface area (Å²) in [6.45, 7) is 4.32. The van der Waals surface area contributed by atoms with Crippen LogP contribution in [0.1, 0.15) is 78.6 Å². The number of halogens is 2. The molecule has 4 aliphatic rings. The topological polar surface area (TPSA) is 138 Å². The lowest BCUT2D eigenvalue weighted by Gasteiger charge is -2.61. The van der Waals surface area contributed by atoms with E-state index in [1.807, 2.05) is 13.8 Å². The van der Waals surface area contributed by atoms with Crippen LogP contribution in [0.5, 0.6) is 0 Å². The van der Waals surface area contributed by atoms with Crippen LogP contribution in [0.2, 0.25) is 0 Å². The normalized spacial score (nSPS) is 40.9. The first-order valence-electron chi connectivity index (χ1n) is 13.2. The quantitative estimate of drug-likeness (QED) is 0.378. The predicted molar refractivity (Wildman–Crippen MR) is 126 cm³/mol. The number of rotatable bonds is 7. The monoisotopic (exact) mass is 547 g/mol. The highest BCUT2D eigenvalue weighted by molar-refractivity contribution is 7.86. The lowest BCUT2D eigenvalue weighted by atomic mass is 9.43. The maximum atomic E-state index is 13.5. The molecule has 4 fully saturated rings. The van der Waals surface area contributed by atoms with E-state index in [2.05, 4.69) is 11.7 Å². The average molecular weight is 548 g/mol. The van der Waals surface area contributed by atoms with Gasteiger partial charge in [-0.1, -0.05) is 20.8 Å². The Bertz CT molecular complexity index is 1060. The van der Waals surface area contributed by atoms with Crippen molar-refractivity contribution >= 4 is 27.7 Å². The van der Waals surface area contributed by atoms with Crippen molar-refractivity contribution in [1.29, 1.82) is 0 Å². The molecular weight excluding hydrogens is 510 g/mol. The number of aliphatic hydroxyl groups is 1. The molecule has 0 heterocycles. The number of hydrogen-bond donors (Lipinski definition) is 1. The van der Waals surface area contributed by atoms with Gasteiger partial charge in [-0.3, -0.25) is 14.4 Å². The molecule has 4 rings (SSSR count). The van der Waals surface area contributed by atoms with Crippen molar-refractivity contribution in [3.63, 3.8) is 0 Å². The zero-order valence-electron chi connectivity index (χ0n) is 21.6. The third-order valence-electron chi connectivity index (χ3n) is 10.7. The van der Waals surface area contributed by atoms with Crippen LogP contribution in [0.3, 0.4) is 0 Å². The van der Waals surface area contributed by atoms with Crippen molar-refractivity contribution in [3.8, 4) is 0 Å². The van der Waals surface area contributed by atoms with Crippen LogP contribution in [0, 0.1) is 46.3 Å². The first-order chi connectivity index (χ1) is 17.0. The number of carbonyl (C=O) groups excluding carboxylic acids is 3. The molecule has 0 saturated heterocycles. The van der Waals surface area contributed by atoms with Gasteiger partial charge in [0.05, 0.1) is 6.10 Å². The van der Waals surface area contributed by atoms with Crippen molar-refractivity contribution in [2.45, 2.75) is 89.9 Å². The highest BCUT2D eigenvalue weighted by atomic mass is 32.2. The van der Waals surface area contributed by atoms with E-state index >= 15 is 0 Å². The van der Waals surface area contributed by atoms with Crippen LogP contribution in [-0.2, 0) is 29.2 Å². The third kappa shape index (κ3) is 4.77. The van der Waals surface area contributed by atoms with Crippen molar-refractivity contribution in [2.75, 3.05) is 6.61 Å². The van der Waals surface area contributed by atoms with Gasteiger partial charge < -0.3 is 14.4 Å². The van der Waals surface area contributed by atoms with E-state index < -0.39 is 39.5 Å². The smallest absolute Gasteiger partial charge is 0.367 e. The summed E-state index contributed by atoms with van der Waals surface area (Å²) in [4.78, 5) is 37.6. The number of ketones is 2. The second-order valence-electron chi connectivity index (χ2n) is 12.4. The van der Waals surface area contributed by atoms with Gasteiger partial charge in [0.1, 0.15) is 11.6 Å². The minimum absolute atomic E-state index is 0.00373. The van der Waals surface area contributed by atoms with Gasteiger partial charge in [-0.05, 0) is 67.1 Å². The largest absolute Gasteiger partial charge is 0.743 e. The molecule has 8 nitrogen and oxygen atoms in total. The number of hydrogen-bond acceptors (Lipinski definition) is 8. The van der Waals surface area contributed by atoms with Crippen LogP contribution in [0.15, 0.2) is 0 Å². The molecule has 9 unspecified atom stereocenters. The number of alkyl halides is 2.